The number of nitrogens with one attached hydrogen (secondary N) is 2. The van der Waals surface area contributed by atoms with E-state index >= 15 is 0 Å². The van der Waals surface area contributed by atoms with Gasteiger partial charge in [0.15, 0.2) is 0 Å². The molecule has 0 saturated carbocycles. The maximum atomic E-state index is 12.8. The summed E-state index contributed by atoms with van der Waals surface area (Å²) in [4.78, 5) is 36.6. The van der Waals surface area contributed by atoms with Crippen molar-refractivity contribution in [1.29, 1.82) is 0 Å². The minimum Gasteiger partial charge on any atom is -0.481 e. The monoisotopic (exact) mass is 466 g/mol. The molecule has 2 amide bonds. The normalized spacial score (nSPS) is 20.6. The highest BCUT2D eigenvalue weighted by Crippen LogP contribution is 2.44. The molecule has 1 aliphatic carbocycles. The predicted octanol–water partition coefficient (Wildman–Crippen LogP) is 3.30. The number of ether oxygens (including phenoxy) is 2. The van der Waals surface area contributed by atoms with Crippen LogP contribution in [0.25, 0.3) is 11.1 Å². The number of amides is 2. The van der Waals surface area contributed by atoms with Crippen LogP contribution in [-0.2, 0) is 19.1 Å². The molecule has 2 aromatic carbocycles. The molecule has 1 saturated heterocycles. The second kappa shape index (κ2) is 9.85. The summed E-state index contributed by atoms with van der Waals surface area (Å²) in [7, 11) is 0. The highest BCUT2D eigenvalue weighted by molar-refractivity contribution is 5.89. The lowest BCUT2D eigenvalue weighted by Gasteiger charge is -2.28. The van der Waals surface area contributed by atoms with Crippen molar-refractivity contribution in [3.8, 4) is 11.1 Å². The Hall–Kier alpha value is -3.39. The molecule has 0 spiro atoms. The summed E-state index contributed by atoms with van der Waals surface area (Å²) < 4.78 is 11.0. The first kappa shape index (κ1) is 23.8. The Balaban J connectivity index is 1.33. The van der Waals surface area contributed by atoms with Crippen LogP contribution in [0.1, 0.15) is 43.7 Å². The fraction of sp³-hybridized carbons (Fsp3) is 0.423. The first-order valence-electron chi connectivity index (χ1n) is 11.6. The van der Waals surface area contributed by atoms with Crippen molar-refractivity contribution in [2.75, 3.05) is 19.8 Å². The van der Waals surface area contributed by atoms with Gasteiger partial charge < -0.3 is 25.2 Å². The smallest absolute Gasteiger partial charge is 0.408 e. The molecule has 0 aromatic heterocycles. The summed E-state index contributed by atoms with van der Waals surface area (Å²) in [5, 5.41) is 14.6. The van der Waals surface area contributed by atoms with Gasteiger partial charge in [0.1, 0.15) is 12.1 Å². The topological polar surface area (TPSA) is 114 Å². The molecule has 3 N–H and O–H groups in total. The first-order valence-corrected chi connectivity index (χ1v) is 11.6. The average molecular weight is 467 g/mol. The van der Waals surface area contributed by atoms with Crippen LogP contribution in [0.4, 0.5) is 4.79 Å². The first-order chi connectivity index (χ1) is 16.3. The number of hydrogen-bond donors (Lipinski definition) is 3. The number of alkyl carbamates (subject to hydrolysis) is 1. The van der Waals surface area contributed by atoms with Crippen LogP contribution in [0.2, 0.25) is 0 Å². The average Bonchev–Trinajstić information content (AvgIpc) is 3.44. The number of carboxylic acids is 1. The molecule has 3 unspecified atom stereocenters. The largest absolute Gasteiger partial charge is 0.481 e. The third kappa shape index (κ3) is 4.77. The van der Waals surface area contributed by atoms with E-state index in [1.165, 1.54) is 0 Å². The molecule has 8 nitrogen and oxygen atoms in total. The SMILES string of the molecule is CCC(C)(NC(=O)OCC1c2ccccc2-c2ccccc21)C(=O)NCC1CC(C(=O)O)CO1. The maximum absolute atomic E-state index is 12.8. The van der Waals surface area contributed by atoms with Crippen LogP contribution in [0.15, 0.2) is 48.5 Å². The van der Waals surface area contributed by atoms with Gasteiger partial charge in [-0.2, -0.15) is 0 Å². The lowest BCUT2D eigenvalue weighted by Crippen LogP contribution is -2.57. The molecule has 0 bridgehead atoms. The summed E-state index contributed by atoms with van der Waals surface area (Å²) >= 11 is 0. The number of hydrogen-bond acceptors (Lipinski definition) is 5. The van der Waals surface area contributed by atoms with Gasteiger partial charge in [-0.15, -0.1) is 0 Å². The van der Waals surface area contributed by atoms with Crippen molar-refractivity contribution in [3.63, 3.8) is 0 Å². The fourth-order valence-electron chi connectivity index (χ4n) is 4.59. The fourth-order valence-corrected chi connectivity index (χ4v) is 4.59. The van der Waals surface area contributed by atoms with E-state index in [1.54, 1.807) is 13.8 Å². The molecule has 0 radical (unpaired) electrons. The molecule has 2 aliphatic rings. The summed E-state index contributed by atoms with van der Waals surface area (Å²) in [5.41, 5.74) is 3.34. The van der Waals surface area contributed by atoms with E-state index in [2.05, 4.69) is 22.8 Å². The minimum absolute atomic E-state index is 0.0680. The molecule has 1 heterocycles. The summed E-state index contributed by atoms with van der Waals surface area (Å²) in [5.74, 6) is -1.89. The minimum atomic E-state index is -1.17. The van der Waals surface area contributed by atoms with Gasteiger partial charge in [0.2, 0.25) is 5.91 Å². The molecule has 2 aromatic rings. The standard InChI is InChI=1S/C26H30N2O6/c1-3-26(2,24(31)27-13-17-12-16(14-33-17)23(29)30)28-25(32)34-15-22-20-10-6-4-8-18(20)19-9-5-7-11-21(19)22/h4-11,16-17,22H,3,12-15H2,1-2H3,(H,27,31)(H,28,32)(H,29,30). The summed E-state index contributed by atoms with van der Waals surface area (Å²) in [6.07, 6.45) is -0.324. The Labute approximate surface area is 198 Å². The highest BCUT2D eigenvalue weighted by atomic mass is 16.5. The van der Waals surface area contributed by atoms with Gasteiger partial charge in [0.05, 0.1) is 18.6 Å². The Morgan fingerprint density at radius 2 is 1.71 bits per heavy atom. The van der Waals surface area contributed by atoms with Crippen LogP contribution in [-0.4, -0.2) is 54.5 Å². The van der Waals surface area contributed by atoms with E-state index in [9.17, 15) is 14.4 Å². The second-order valence-corrected chi connectivity index (χ2v) is 9.07. The molecule has 1 fully saturated rings. The Kier molecular flexibility index (Phi) is 6.88. The van der Waals surface area contributed by atoms with Gasteiger partial charge in [0.25, 0.3) is 0 Å². The zero-order valence-corrected chi connectivity index (χ0v) is 19.4. The molecule has 180 valence electrons. The summed E-state index contributed by atoms with van der Waals surface area (Å²) in [6, 6.07) is 16.2. The quantitative estimate of drug-likeness (QED) is 0.550. The number of carbonyl (C=O) groups excluding carboxylic acids is 2. The molecule has 34 heavy (non-hydrogen) atoms. The van der Waals surface area contributed by atoms with Gasteiger partial charge >= 0.3 is 12.1 Å². The Morgan fingerprint density at radius 3 is 2.26 bits per heavy atom. The number of rotatable bonds is 8. The van der Waals surface area contributed by atoms with Crippen LogP contribution >= 0.6 is 0 Å². The van der Waals surface area contributed by atoms with Crippen molar-refractivity contribution >= 4 is 18.0 Å². The molecule has 8 heteroatoms. The Morgan fingerprint density at radius 1 is 1.09 bits per heavy atom. The zero-order valence-electron chi connectivity index (χ0n) is 19.4. The molecule has 3 atom stereocenters. The van der Waals surface area contributed by atoms with Gasteiger partial charge in [-0.25, -0.2) is 4.79 Å². The van der Waals surface area contributed by atoms with Crippen molar-refractivity contribution in [3.05, 3.63) is 59.7 Å². The lowest BCUT2D eigenvalue weighted by atomic mass is 9.97. The van der Waals surface area contributed by atoms with Crippen LogP contribution in [0, 0.1) is 5.92 Å². The summed E-state index contributed by atoms with van der Waals surface area (Å²) in [6.45, 7) is 3.92. The van der Waals surface area contributed by atoms with Crippen LogP contribution in [0.5, 0.6) is 0 Å². The predicted molar refractivity (Wildman–Crippen MR) is 125 cm³/mol. The van der Waals surface area contributed by atoms with E-state index in [1.807, 2.05) is 36.4 Å². The van der Waals surface area contributed by atoms with Crippen LogP contribution in [0.3, 0.4) is 0 Å². The van der Waals surface area contributed by atoms with E-state index in [4.69, 9.17) is 14.6 Å². The number of fused-ring (bicyclic) bond motifs is 3. The van der Waals surface area contributed by atoms with E-state index in [0.29, 0.717) is 12.8 Å². The zero-order chi connectivity index (χ0) is 24.3. The van der Waals surface area contributed by atoms with Gasteiger partial charge in [-0.05, 0) is 42.0 Å². The van der Waals surface area contributed by atoms with E-state index < -0.39 is 23.5 Å². The molecular formula is C26H30N2O6. The Bertz CT molecular complexity index is 1040. The number of carbonyl (C=O) groups is 3. The van der Waals surface area contributed by atoms with Crippen molar-refractivity contribution in [2.45, 2.75) is 44.2 Å². The third-order valence-electron chi connectivity index (χ3n) is 6.85. The van der Waals surface area contributed by atoms with Crippen LogP contribution < -0.4 is 10.6 Å². The molecule has 1 aliphatic heterocycles. The third-order valence-corrected chi connectivity index (χ3v) is 6.85. The number of benzene rings is 2. The number of aliphatic carboxylic acids is 1. The van der Waals surface area contributed by atoms with E-state index in [-0.39, 0.29) is 37.7 Å². The second-order valence-electron chi connectivity index (χ2n) is 9.07. The maximum Gasteiger partial charge on any atom is 0.408 e. The number of carboxylic acid groups (broad SMARTS) is 1. The van der Waals surface area contributed by atoms with Gasteiger partial charge in [-0.1, -0.05) is 55.5 Å². The van der Waals surface area contributed by atoms with Gasteiger partial charge in [-0.3, -0.25) is 9.59 Å². The molecular weight excluding hydrogens is 436 g/mol. The van der Waals surface area contributed by atoms with E-state index in [0.717, 1.165) is 22.3 Å². The van der Waals surface area contributed by atoms with Crippen molar-refractivity contribution in [1.82, 2.24) is 10.6 Å². The molecule has 4 rings (SSSR count). The van der Waals surface area contributed by atoms with Crippen molar-refractivity contribution in [2.24, 2.45) is 5.92 Å². The van der Waals surface area contributed by atoms with Gasteiger partial charge in [0, 0.05) is 12.5 Å². The van der Waals surface area contributed by atoms with Crippen molar-refractivity contribution < 1.29 is 29.0 Å². The highest BCUT2D eigenvalue weighted by Gasteiger charge is 2.36. The lowest BCUT2D eigenvalue weighted by molar-refractivity contribution is -0.141.